The smallest absolute Gasteiger partial charge is 0.202 e. The number of rotatable bonds is 11. The molecule has 1 fully saturated rings. The number of nitrogens with zero attached hydrogens (tertiary/aromatic N) is 1. The van der Waals surface area contributed by atoms with Crippen molar-refractivity contribution in [3.8, 4) is 11.8 Å². The molecule has 1 saturated carbocycles. The predicted octanol–water partition coefficient (Wildman–Crippen LogP) is 8.44. The van der Waals surface area contributed by atoms with Crippen molar-refractivity contribution < 1.29 is 13.5 Å². The number of nitriles is 1. The number of ether oxygens (including phenoxy) is 1. The summed E-state index contributed by atoms with van der Waals surface area (Å²) < 4.78 is 33.2. The van der Waals surface area contributed by atoms with E-state index in [0.29, 0.717) is 5.92 Å². The molecule has 0 N–H and O–H groups in total. The van der Waals surface area contributed by atoms with Crippen molar-refractivity contribution in [3.05, 3.63) is 64.7 Å². The standard InChI is InChI=1S/C28H35F2NO/c1-2-3-4-5-6-7-8-21-9-13-23(14-10-21)24-15-11-22(12-16-24)20-32-26-18-17-25(19-31)27(29)28(26)30/h11-12,15-18,21,23H,2-10,13-14,20H2,1H3/t21-,23-. The summed E-state index contributed by atoms with van der Waals surface area (Å²) in [6, 6.07) is 12.5. The average Bonchev–Trinajstić information content (AvgIpc) is 2.83. The molecule has 0 unspecified atom stereocenters. The number of halogens is 2. The summed E-state index contributed by atoms with van der Waals surface area (Å²) >= 11 is 0. The highest BCUT2D eigenvalue weighted by Gasteiger charge is 2.22. The molecule has 0 heterocycles. The van der Waals surface area contributed by atoms with Crippen LogP contribution in [0, 0.1) is 28.9 Å². The van der Waals surface area contributed by atoms with Gasteiger partial charge in [-0.3, -0.25) is 0 Å². The van der Waals surface area contributed by atoms with Crippen molar-refractivity contribution in [2.24, 2.45) is 5.92 Å². The van der Waals surface area contributed by atoms with Gasteiger partial charge >= 0.3 is 0 Å². The maximum Gasteiger partial charge on any atom is 0.202 e. The SMILES string of the molecule is CCCCCCCC[C@H]1CC[C@H](c2ccc(COc3ccc(C#N)c(F)c3F)cc2)CC1. The summed E-state index contributed by atoms with van der Waals surface area (Å²) in [5.74, 6) is -0.927. The molecule has 4 heteroatoms. The molecule has 2 aromatic rings. The Hall–Kier alpha value is -2.41. The first-order valence-corrected chi connectivity index (χ1v) is 12.2. The van der Waals surface area contributed by atoms with Crippen LogP contribution in [0.25, 0.3) is 0 Å². The van der Waals surface area contributed by atoms with Crippen LogP contribution in [0.2, 0.25) is 0 Å². The predicted molar refractivity (Wildman–Crippen MR) is 125 cm³/mol. The molecule has 3 rings (SSSR count). The summed E-state index contributed by atoms with van der Waals surface area (Å²) in [5.41, 5.74) is 1.96. The highest BCUT2D eigenvalue weighted by atomic mass is 19.2. The fraction of sp³-hybridized carbons (Fsp3) is 0.536. The summed E-state index contributed by atoms with van der Waals surface area (Å²) in [6.45, 7) is 2.42. The van der Waals surface area contributed by atoms with Crippen LogP contribution in [0.1, 0.15) is 100 Å². The second-order valence-corrected chi connectivity index (χ2v) is 9.16. The quantitative estimate of drug-likeness (QED) is 0.329. The zero-order valence-corrected chi connectivity index (χ0v) is 19.2. The second kappa shape index (κ2) is 12.6. The summed E-state index contributed by atoms with van der Waals surface area (Å²) in [5, 5.41) is 8.77. The van der Waals surface area contributed by atoms with Crippen LogP contribution >= 0.6 is 0 Å². The molecule has 0 spiro atoms. The van der Waals surface area contributed by atoms with Gasteiger partial charge in [-0.2, -0.15) is 9.65 Å². The molecule has 0 bridgehead atoms. The van der Waals surface area contributed by atoms with Gasteiger partial charge in [0.15, 0.2) is 11.6 Å². The maximum atomic E-state index is 14.0. The summed E-state index contributed by atoms with van der Waals surface area (Å²) in [7, 11) is 0. The number of unbranched alkanes of at least 4 members (excludes halogenated alkanes) is 5. The van der Waals surface area contributed by atoms with Gasteiger partial charge in [-0.25, -0.2) is 4.39 Å². The van der Waals surface area contributed by atoms with Crippen LogP contribution in [0.4, 0.5) is 8.78 Å². The summed E-state index contributed by atoms with van der Waals surface area (Å²) in [6.07, 6.45) is 14.8. The Bertz CT molecular complexity index is 880. The molecule has 32 heavy (non-hydrogen) atoms. The normalized spacial score (nSPS) is 18.3. The highest BCUT2D eigenvalue weighted by Crippen LogP contribution is 2.38. The zero-order chi connectivity index (χ0) is 22.8. The Kier molecular flexibility index (Phi) is 9.53. The second-order valence-electron chi connectivity index (χ2n) is 9.16. The third-order valence-electron chi connectivity index (χ3n) is 6.83. The van der Waals surface area contributed by atoms with Crippen LogP contribution in [-0.2, 0) is 6.61 Å². The van der Waals surface area contributed by atoms with E-state index in [2.05, 4.69) is 19.1 Å². The highest BCUT2D eigenvalue weighted by molar-refractivity contribution is 5.38. The largest absolute Gasteiger partial charge is 0.486 e. The molecule has 0 aliphatic heterocycles. The molecule has 0 radical (unpaired) electrons. The number of hydrogen-bond acceptors (Lipinski definition) is 2. The Labute approximate surface area is 191 Å². The molecule has 2 nitrogen and oxygen atoms in total. The van der Waals surface area contributed by atoms with Crippen LogP contribution in [0.5, 0.6) is 5.75 Å². The lowest BCUT2D eigenvalue weighted by molar-refractivity contribution is 0.284. The van der Waals surface area contributed by atoms with E-state index in [1.54, 1.807) is 6.07 Å². The molecular weight excluding hydrogens is 404 g/mol. The molecule has 0 aromatic heterocycles. The van der Waals surface area contributed by atoms with Crippen LogP contribution in [0.15, 0.2) is 36.4 Å². The molecule has 1 aliphatic carbocycles. The molecule has 2 aromatic carbocycles. The third kappa shape index (κ3) is 6.79. The number of benzene rings is 2. The first-order chi connectivity index (χ1) is 15.6. The van der Waals surface area contributed by atoms with E-state index in [4.69, 9.17) is 10.00 Å². The lowest BCUT2D eigenvalue weighted by atomic mass is 9.77. The van der Waals surface area contributed by atoms with Gasteiger partial charge in [-0.15, -0.1) is 0 Å². The first kappa shape index (κ1) is 24.2. The van der Waals surface area contributed by atoms with Gasteiger partial charge < -0.3 is 4.74 Å². The van der Waals surface area contributed by atoms with Crippen molar-refractivity contribution in [1.82, 2.24) is 0 Å². The van der Waals surface area contributed by atoms with E-state index in [9.17, 15) is 8.78 Å². The van der Waals surface area contributed by atoms with E-state index >= 15 is 0 Å². The van der Waals surface area contributed by atoms with Crippen molar-refractivity contribution in [2.45, 2.75) is 90.1 Å². The Morgan fingerprint density at radius 1 is 0.875 bits per heavy atom. The number of hydrogen-bond donors (Lipinski definition) is 0. The Balaban J connectivity index is 1.42. The van der Waals surface area contributed by atoms with E-state index in [1.165, 1.54) is 88.3 Å². The lowest BCUT2D eigenvalue weighted by Crippen LogP contribution is -2.13. The minimum absolute atomic E-state index is 0.160. The van der Waals surface area contributed by atoms with Crippen molar-refractivity contribution in [1.29, 1.82) is 5.26 Å². The fourth-order valence-electron chi connectivity index (χ4n) is 4.77. The van der Waals surface area contributed by atoms with E-state index in [1.807, 2.05) is 12.1 Å². The van der Waals surface area contributed by atoms with Crippen LogP contribution in [-0.4, -0.2) is 0 Å². The first-order valence-electron chi connectivity index (χ1n) is 12.2. The molecule has 1 aliphatic rings. The molecule has 172 valence electrons. The Morgan fingerprint density at radius 3 is 2.25 bits per heavy atom. The zero-order valence-electron chi connectivity index (χ0n) is 19.2. The molecule has 0 atom stereocenters. The summed E-state index contributed by atoms with van der Waals surface area (Å²) in [4.78, 5) is 0. The monoisotopic (exact) mass is 439 g/mol. The van der Waals surface area contributed by atoms with Gasteiger partial charge in [0, 0.05) is 0 Å². The Morgan fingerprint density at radius 2 is 1.56 bits per heavy atom. The molecule has 0 amide bonds. The van der Waals surface area contributed by atoms with Crippen molar-refractivity contribution in [2.75, 3.05) is 0 Å². The van der Waals surface area contributed by atoms with E-state index < -0.39 is 11.6 Å². The van der Waals surface area contributed by atoms with E-state index in [-0.39, 0.29) is 17.9 Å². The van der Waals surface area contributed by atoms with Gasteiger partial charge in [0.05, 0.1) is 5.56 Å². The van der Waals surface area contributed by atoms with Gasteiger partial charge in [0.25, 0.3) is 0 Å². The van der Waals surface area contributed by atoms with Gasteiger partial charge in [0.1, 0.15) is 12.7 Å². The van der Waals surface area contributed by atoms with Crippen molar-refractivity contribution >= 4 is 0 Å². The van der Waals surface area contributed by atoms with Crippen LogP contribution < -0.4 is 4.74 Å². The lowest BCUT2D eigenvalue weighted by Gasteiger charge is -2.29. The van der Waals surface area contributed by atoms with Gasteiger partial charge in [-0.05, 0) is 60.8 Å². The fourth-order valence-corrected chi connectivity index (χ4v) is 4.77. The van der Waals surface area contributed by atoms with Gasteiger partial charge in [0.2, 0.25) is 5.82 Å². The molecular formula is C28H35F2NO. The average molecular weight is 440 g/mol. The van der Waals surface area contributed by atoms with Gasteiger partial charge in [-0.1, -0.05) is 76.1 Å². The van der Waals surface area contributed by atoms with E-state index in [0.717, 1.165) is 11.5 Å². The maximum absolute atomic E-state index is 14.0. The third-order valence-corrected chi connectivity index (χ3v) is 6.83. The van der Waals surface area contributed by atoms with Crippen LogP contribution in [0.3, 0.4) is 0 Å². The topological polar surface area (TPSA) is 33.0 Å². The molecule has 0 saturated heterocycles. The minimum atomic E-state index is -1.16. The minimum Gasteiger partial charge on any atom is -0.486 e. The van der Waals surface area contributed by atoms with Crippen molar-refractivity contribution in [3.63, 3.8) is 0 Å².